The molecule has 0 unspecified atom stereocenters. The van der Waals surface area contributed by atoms with Crippen molar-refractivity contribution in [3.05, 3.63) is 41.7 Å². The molecule has 7 nitrogen and oxygen atoms in total. The van der Waals surface area contributed by atoms with Gasteiger partial charge in [-0.15, -0.1) is 0 Å². The number of carbonyl (C=O) groups is 2. The number of hydrogen-bond donors (Lipinski definition) is 2. The third-order valence-electron chi connectivity index (χ3n) is 3.53. The van der Waals surface area contributed by atoms with Crippen molar-refractivity contribution in [3.8, 4) is 5.69 Å². The summed E-state index contributed by atoms with van der Waals surface area (Å²) < 4.78 is 45.7. The minimum absolute atomic E-state index is 0.0523. The van der Waals surface area contributed by atoms with Gasteiger partial charge >= 0.3 is 12.1 Å². The molecular weight excluding hydrogens is 365 g/mol. The molecule has 0 spiro atoms. The first-order chi connectivity index (χ1) is 12.8. The van der Waals surface area contributed by atoms with E-state index in [1.807, 2.05) is 0 Å². The van der Waals surface area contributed by atoms with Gasteiger partial charge in [0, 0.05) is 18.7 Å². The van der Waals surface area contributed by atoms with Gasteiger partial charge < -0.3 is 15.4 Å². The number of nitrogens with zero attached hydrogens (tertiary/aromatic N) is 2. The normalized spacial score (nSPS) is 11.3. The van der Waals surface area contributed by atoms with Crippen molar-refractivity contribution in [1.29, 1.82) is 0 Å². The zero-order valence-electron chi connectivity index (χ0n) is 14.8. The van der Waals surface area contributed by atoms with Crippen LogP contribution in [0.15, 0.2) is 30.5 Å². The van der Waals surface area contributed by atoms with E-state index in [0.717, 1.165) is 6.20 Å². The molecule has 0 atom stereocenters. The lowest BCUT2D eigenvalue weighted by Gasteiger charge is -2.13. The fourth-order valence-electron chi connectivity index (χ4n) is 2.32. The first-order valence-corrected chi connectivity index (χ1v) is 8.15. The summed E-state index contributed by atoms with van der Waals surface area (Å²) in [6.45, 7) is 1.95. The molecule has 0 bridgehead atoms. The predicted molar refractivity (Wildman–Crippen MR) is 91.7 cm³/mol. The molecule has 0 aliphatic carbocycles. The Morgan fingerprint density at radius 3 is 2.44 bits per heavy atom. The number of esters is 1. The first kappa shape index (κ1) is 20.4. The van der Waals surface area contributed by atoms with Gasteiger partial charge in [0.05, 0.1) is 18.5 Å². The van der Waals surface area contributed by atoms with E-state index < -0.39 is 23.4 Å². The van der Waals surface area contributed by atoms with Crippen LogP contribution in [-0.4, -0.2) is 41.9 Å². The number of hydrogen-bond acceptors (Lipinski definition) is 5. The summed E-state index contributed by atoms with van der Waals surface area (Å²) in [5, 5.41) is 9.16. The molecule has 2 rings (SSSR count). The summed E-state index contributed by atoms with van der Waals surface area (Å²) >= 11 is 0. The number of alkyl halides is 3. The summed E-state index contributed by atoms with van der Waals surface area (Å²) in [5.74, 6) is -1.32. The monoisotopic (exact) mass is 384 g/mol. The van der Waals surface area contributed by atoms with Gasteiger partial charge in [0.25, 0.3) is 0 Å². The van der Waals surface area contributed by atoms with Crippen LogP contribution < -0.4 is 10.6 Å². The molecule has 0 fully saturated rings. The molecule has 27 heavy (non-hydrogen) atoms. The van der Waals surface area contributed by atoms with E-state index in [4.69, 9.17) is 0 Å². The Hall–Kier alpha value is -2.88. The largest absolute Gasteiger partial charge is 0.462 e. The van der Waals surface area contributed by atoms with E-state index in [-0.39, 0.29) is 24.6 Å². The fraction of sp³-hybridized carbons (Fsp3) is 0.353. The maximum absolute atomic E-state index is 13.5. The Bertz CT molecular complexity index is 801. The topological polar surface area (TPSA) is 85.2 Å². The summed E-state index contributed by atoms with van der Waals surface area (Å²) in [6, 6.07) is 5.65. The molecule has 1 amide bonds. The van der Waals surface area contributed by atoms with Crippen LogP contribution in [0.2, 0.25) is 0 Å². The molecular formula is C17H19F3N4O3. The summed E-state index contributed by atoms with van der Waals surface area (Å²) in [5.41, 5.74) is -1.35. The Kier molecular flexibility index (Phi) is 6.56. The average molecular weight is 384 g/mol. The van der Waals surface area contributed by atoms with Crippen molar-refractivity contribution < 1.29 is 27.5 Å². The van der Waals surface area contributed by atoms with Gasteiger partial charge in [0.15, 0.2) is 5.69 Å². The SMILES string of the molecule is CCOC(=O)c1cnn(-c2ccc(NC(=O)CCNC)cc2)c1C(F)(F)F. The maximum Gasteiger partial charge on any atom is 0.434 e. The van der Waals surface area contributed by atoms with Crippen LogP contribution in [0.4, 0.5) is 18.9 Å². The second kappa shape index (κ2) is 8.67. The molecule has 1 aromatic heterocycles. The van der Waals surface area contributed by atoms with E-state index in [0.29, 0.717) is 16.9 Å². The Morgan fingerprint density at radius 2 is 1.89 bits per heavy atom. The zero-order chi connectivity index (χ0) is 20.0. The van der Waals surface area contributed by atoms with Gasteiger partial charge in [-0.2, -0.15) is 18.3 Å². The van der Waals surface area contributed by atoms with Crippen LogP contribution >= 0.6 is 0 Å². The third-order valence-corrected chi connectivity index (χ3v) is 3.53. The van der Waals surface area contributed by atoms with Crippen molar-refractivity contribution in [3.63, 3.8) is 0 Å². The lowest BCUT2D eigenvalue weighted by atomic mass is 10.2. The van der Waals surface area contributed by atoms with Crippen molar-refractivity contribution in [2.24, 2.45) is 0 Å². The van der Waals surface area contributed by atoms with Crippen LogP contribution in [0.25, 0.3) is 5.69 Å². The van der Waals surface area contributed by atoms with Crippen molar-refractivity contribution in [2.45, 2.75) is 19.5 Å². The van der Waals surface area contributed by atoms with E-state index in [1.54, 1.807) is 7.05 Å². The van der Waals surface area contributed by atoms with E-state index in [2.05, 4.69) is 20.5 Å². The van der Waals surface area contributed by atoms with Gasteiger partial charge in [0.2, 0.25) is 5.91 Å². The third kappa shape index (κ3) is 5.07. The predicted octanol–water partition coefficient (Wildman–Crippen LogP) is 2.62. The first-order valence-electron chi connectivity index (χ1n) is 8.15. The van der Waals surface area contributed by atoms with Crippen molar-refractivity contribution in [2.75, 3.05) is 25.5 Å². The van der Waals surface area contributed by atoms with Crippen LogP contribution in [0.5, 0.6) is 0 Å². The summed E-state index contributed by atoms with van der Waals surface area (Å²) in [4.78, 5) is 23.5. The molecule has 0 aliphatic heterocycles. The molecule has 10 heteroatoms. The number of halogens is 3. The minimum atomic E-state index is -4.81. The van der Waals surface area contributed by atoms with Crippen LogP contribution in [-0.2, 0) is 15.7 Å². The lowest BCUT2D eigenvalue weighted by molar-refractivity contribution is -0.143. The summed E-state index contributed by atoms with van der Waals surface area (Å²) in [6.07, 6.45) is -3.72. The van der Waals surface area contributed by atoms with E-state index in [9.17, 15) is 22.8 Å². The van der Waals surface area contributed by atoms with Crippen molar-refractivity contribution in [1.82, 2.24) is 15.1 Å². The molecule has 0 saturated heterocycles. The Morgan fingerprint density at radius 1 is 1.22 bits per heavy atom. The second-order valence-corrected chi connectivity index (χ2v) is 5.49. The molecule has 2 N–H and O–H groups in total. The molecule has 0 aliphatic rings. The van der Waals surface area contributed by atoms with Crippen LogP contribution in [0.3, 0.4) is 0 Å². The number of nitrogens with one attached hydrogen (secondary N) is 2. The number of ether oxygens (including phenoxy) is 1. The molecule has 0 radical (unpaired) electrons. The Labute approximate surface area is 153 Å². The highest BCUT2D eigenvalue weighted by Crippen LogP contribution is 2.34. The number of anilines is 1. The fourth-order valence-corrected chi connectivity index (χ4v) is 2.32. The highest BCUT2D eigenvalue weighted by atomic mass is 19.4. The Balaban J connectivity index is 2.30. The lowest BCUT2D eigenvalue weighted by Crippen LogP contribution is -2.19. The van der Waals surface area contributed by atoms with E-state index in [1.165, 1.54) is 31.2 Å². The molecule has 2 aromatic rings. The molecule has 1 aromatic carbocycles. The second-order valence-electron chi connectivity index (χ2n) is 5.49. The number of amides is 1. The maximum atomic E-state index is 13.5. The molecule has 146 valence electrons. The number of carbonyl (C=O) groups excluding carboxylic acids is 2. The van der Waals surface area contributed by atoms with Gasteiger partial charge in [-0.25, -0.2) is 9.48 Å². The number of rotatable bonds is 7. The number of aromatic nitrogens is 2. The number of benzene rings is 1. The minimum Gasteiger partial charge on any atom is -0.462 e. The molecule has 0 saturated carbocycles. The highest BCUT2D eigenvalue weighted by molar-refractivity contribution is 5.91. The average Bonchev–Trinajstić information content (AvgIpc) is 3.06. The van der Waals surface area contributed by atoms with Gasteiger partial charge in [0.1, 0.15) is 5.56 Å². The highest BCUT2D eigenvalue weighted by Gasteiger charge is 2.41. The van der Waals surface area contributed by atoms with Gasteiger partial charge in [-0.1, -0.05) is 0 Å². The van der Waals surface area contributed by atoms with E-state index >= 15 is 0 Å². The summed E-state index contributed by atoms with van der Waals surface area (Å²) in [7, 11) is 1.72. The quantitative estimate of drug-likeness (QED) is 0.717. The van der Waals surface area contributed by atoms with Crippen molar-refractivity contribution >= 4 is 17.6 Å². The standard InChI is InChI=1S/C17H19F3N4O3/c1-3-27-16(26)13-10-22-24(15(13)17(18,19)20)12-6-4-11(5-7-12)23-14(25)8-9-21-2/h4-7,10,21H,3,8-9H2,1-2H3,(H,23,25). The van der Waals surface area contributed by atoms with Crippen LogP contribution in [0.1, 0.15) is 29.4 Å². The van der Waals surface area contributed by atoms with Gasteiger partial charge in [-0.05, 0) is 38.2 Å². The zero-order valence-corrected chi connectivity index (χ0v) is 14.8. The van der Waals surface area contributed by atoms with Gasteiger partial charge in [-0.3, -0.25) is 4.79 Å². The smallest absolute Gasteiger partial charge is 0.434 e. The molecule has 1 heterocycles. The van der Waals surface area contributed by atoms with Crippen LogP contribution in [0, 0.1) is 0 Å².